The molecule has 0 aliphatic carbocycles. The summed E-state index contributed by atoms with van der Waals surface area (Å²) >= 11 is 5.69. The van der Waals surface area contributed by atoms with Crippen LogP contribution in [0.3, 0.4) is 0 Å². The molecular formula is C14H13ClFNO5S. The van der Waals surface area contributed by atoms with Crippen LogP contribution in [0.2, 0.25) is 5.02 Å². The summed E-state index contributed by atoms with van der Waals surface area (Å²) in [6, 6.07) is 3.66. The Morgan fingerprint density at radius 3 is 2.70 bits per heavy atom. The fourth-order valence-corrected chi connectivity index (χ4v) is 4.36. The Hall–Kier alpha value is -1.80. The van der Waals surface area contributed by atoms with Gasteiger partial charge in [-0.3, -0.25) is 4.79 Å². The zero-order valence-corrected chi connectivity index (χ0v) is 13.6. The Kier molecular flexibility index (Phi) is 3.57. The van der Waals surface area contributed by atoms with E-state index >= 15 is 0 Å². The first kappa shape index (κ1) is 16.1. The molecule has 1 atom stereocenters. The number of hydrogen-bond acceptors (Lipinski definition) is 5. The van der Waals surface area contributed by atoms with Crippen LogP contribution in [-0.4, -0.2) is 35.9 Å². The maximum atomic E-state index is 14.2. The zero-order chi connectivity index (χ0) is 17.0. The Morgan fingerprint density at radius 1 is 1.43 bits per heavy atom. The van der Waals surface area contributed by atoms with E-state index in [0.717, 1.165) is 10.4 Å². The average molecular weight is 362 g/mol. The predicted molar refractivity (Wildman–Crippen MR) is 79.6 cm³/mol. The van der Waals surface area contributed by atoms with E-state index in [1.165, 1.54) is 19.1 Å². The summed E-state index contributed by atoms with van der Waals surface area (Å²) in [5.74, 6) is -3.08. The monoisotopic (exact) mass is 361 g/mol. The lowest BCUT2D eigenvalue weighted by atomic mass is 9.91. The first-order valence-electron chi connectivity index (χ1n) is 6.80. The number of rotatable bonds is 2. The first-order chi connectivity index (χ1) is 10.7. The van der Waals surface area contributed by atoms with Crippen LogP contribution >= 0.6 is 11.6 Å². The molecule has 0 spiro atoms. The van der Waals surface area contributed by atoms with Gasteiger partial charge in [-0.25, -0.2) is 17.1 Å². The standard InChI is InChI=1S/C14H13ClFNO5S/c1-14(9-4-3-8(15)7-10(9)16)12(19)11(18)13(22-14)17-5-2-6-23(17,20)21/h3-4,7,18H,2,5-6H2,1H3. The highest BCUT2D eigenvalue weighted by molar-refractivity contribution is 7.89. The molecule has 6 nitrogen and oxygen atoms in total. The largest absolute Gasteiger partial charge is 0.501 e. The van der Waals surface area contributed by atoms with Crippen molar-refractivity contribution in [1.29, 1.82) is 0 Å². The van der Waals surface area contributed by atoms with Gasteiger partial charge in [0.05, 0.1) is 5.75 Å². The van der Waals surface area contributed by atoms with E-state index < -0.39 is 38.9 Å². The second-order valence-electron chi connectivity index (χ2n) is 5.48. The summed E-state index contributed by atoms with van der Waals surface area (Å²) in [5.41, 5.74) is -1.99. The van der Waals surface area contributed by atoms with E-state index in [2.05, 4.69) is 0 Å². The zero-order valence-electron chi connectivity index (χ0n) is 12.0. The molecule has 1 fully saturated rings. The molecule has 1 aromatic carbocycles. The van der Waals surface area contributed by atoms with Crippen LogP contribution in [-0.2, 0) is 25.2 Å². The number of nitrogens with zero attached hydrogens (tertiary/aromatic N) is 1. The highest BCUT2D eigenvalue weighted by atomic mass is 35.5. The second kappa shape index (κ2) is 5.10. The van der Waals surface area contributed by atoms with Gasteiger partial charge in [0.2, 0.25) is 21.4 Å². The van der Waals surface area contributed by atoms with Gasteiger partial charge >= 0.3 is 0 Å². The van der Waals surface area contributed by atoms with Crippen LogP contribution < -0.4 is 0 Å². The van der Waals surface area contributed by atoms with Gasteiger partial charge < -0.3 is 9.84 Å². The maximum absolute atomic E-state index is 14.2. The minimum atomic E-state index is -3.65. The molecule has 2 aliphatic rings. The van der Waals surface area contributed by atoms with Crippen LogP contribution in [0.1, 0.15) is 18.9 Å². The van der Waals surface area contributed by atoms with Crippen LogP contribution in [0.4, 0.5) is 4.39 Å². The highest BCUT2D eigenvalue weighted by Gasteiger charge is 2.52. The number of ketones is 1. The molecule has 1 saturated heterocycles. The Balaban J connectivity index is 2.04. The number of Topliss-reactive ketones (excluding diaryl/α,β-unsaturated/α-hetero) is 1. The quantitative estimate of drug-likeness (QED) is 0.871. The molecule has 2 aliphatic heterocycles. The number of hydrogen-bond donors (Lipinski definition) is 1. The smallest absolute Gasteiger partial charge is 0.252 e. The fourth-order valence-electron chi connectivity index (χ4n) is 2.70. The molecule has 0 saturated carbocycles. The molecule has 0 radical (unpaired) electrons. The molecule has 0 bridgehead atoms. The van der Waals surface area contributed by atoms with Gasteiger partial charge in [-0.15, -0.1) is 0 Å². The number of sulfonamides is 1. The minimum Gasteiger partial charge on any atom is -0.501 e. The van der Waals surface area contributed by atoms with Crippen molar-refractivity contribution in [3.63, 3.8) is 0 Å². The lowest BCUT2D eigenvalue weighted by Crippen LogP contribution is -2.33. The van der Waals surface area contributed by atoms with Gasteiger partial charge in [0.1, 0.15) is 5.82 Å². The number of halogens is 2. The van der Waals surface area contributed by atoms with Crippen molar-refractivity contribution in [1.82, 2.24) is 4.31 Å². The van der Waals surface area contributed by atoms with Crippen molar-refractivity contribution >= 4 is 27.4 Å². The second-order valence-corrected chi connectivity index (χ2v) is 7.93. The highest BCUT2D eigenvalue weighted by Crippen LogP contribution is 2.42. The van der Waals surface area contributed by atoms with E-state index in [4.69, 9.17) is 16.3 Å². The van der Waals surface area contributed by atoms with Gasteiger partial charge in [-0.1, -0.05) is 17.7 Å². The molecule has 124 valence electrons. The van der Waals surface area contributed by atoms with Crippen LogP contribution in [0.25, 0.3) is 0 Å². The molecular weight excluding hydrogens is 349 g/mol. The minimum absolute atomic E-state index is 0.0915. The number of ether oxygens (including phenoxy) is 1. The number of carbonyl (C=O) groups excluding carboxylic acids is 1. The molecule has 2 heterocycles. The predicted octanol–water partition coefficient (Wildman–Crippen LogP) is 2.06. The van der Waals surface area contributed by atoms with E-state index in [-0.39, 0.29) is 22.9 Å². The Labute approximate surface area is 137 Å². The molecule has 1 unspecified atom stereocenters. The van der Waals surface area contributed by atoms with E-state index in [9.17, 15) is 22.7 Å². The molecule has 0 aromatic heterocycles. The summed E-state index contributed by atoms with van der Waals surface area (Å²) in [7, 11) is -3.65. The summed E-state index contributed by atoms with van der Waals surface area (Å²) in [6.45, 7) is 1.36. The molecule has 9 heteroatoms. The topological polar surface area (TPSA) is 83.9 Å². The molecule has 3 rings (SSSR count). The Bertz CT molecular complexity index is 838. The van der Waals surface area contributed by atoms with Crippen molar-refractivity contribution < 1.29 is 27.4 Å². The number of aliphatic hydroxyl groups is 1. The molecule has 0 amide bonds. The molecule has 1 N–H and O–H groups in total. The van der Waals surface area contributed by atoms with Crippen molar-refractivity contribution in [2.75, 3.05) is 12.3 Å². The lowest BCUT2D eigenvalue weighted by Gasteiger charge is -2.26. The summed E-state index contributed by atoms with van der Waals surface area (Å²) < 4.78 is 44.4. The molecule has 23 heavy (non-hydrogen) atoms. The van der Waals surface area contributed by atoms with Crippen LogP contribution in [0, 0.1) is 5.82 Å². The third kappa shape index (κ3) is 2.36. The van der Waals surface area contributed by atoms with Crippen molar-refractivity contribution in [2.45, 2.75) is 18.9 Å². The van der Waals surface area contributed by atoms with Crippen molar-refractivity contribution in [2.24, 2.45) is 0 Å². The summed E-state index contributed by atoms with van der Waals surface area (Å²) in [5, 5.41) is 10.2. The number of carbonyl (C=O) groups is 1. The Morgan fingerprint density at radius 2 is 2.13 bits per heavy atom. The van der Waals surface area contributed by atoms with Crippen molar-refractivity contribution in [3.05, 3.63) is 46.2 Å². The first-order valence-corrected chi connectivity index (χ1v) is 8.78. The fraction of sp³-hybridized carbons (Fsp3) is 0.357. The van der Waals surface area contributed by atoms with Gasteiger partial charge in [0.15, 0.2) is 0 Å². The van der Waals surface area contributed by atoms with Crippen LogP contribution in [0.15, 0.2) is 29.8 Å². The molecule has 1 aromatic rings. The van der Waals surface area contributed by atoms with Gasteiger partial charge in [-0.05, 0) is 25.5 Å². The van der Waals surface area contributed by atoms with Gasteiger partial charge in [0, 0.05) is 17.1 Å². The van der Waals surface area contributed by atoms with Crippen LogP contribution in [0.5, 0.6) is 0 Å². The summed E-state index contributed by atoms with van der Waals surface area (Å²) in [6.07, 6.45) is 0.350. The SMILES string of the molecule is CC1(c2ccc(Cl)cc2F)OC(N2CCCS2(=O)=O)=C(O)C1=O. The van der Waals surface area contributed by atoms with E-state index in [1.807, 2.05) is 0 Å². The number of benzene rings is 1. The van der Waals surface area contributed by atoms with Gasteiger partial charge in [0.25, 0.3) is 11.7 Å². The van der Waals surface area contributed by atoms with Crippen molar-refractivity contribution in [3.8, 4) is 0 Å². The lowest BCUT2D eigenvalue weighted by molar-refractivity contribution is -0.132. The third-order valence-corrected chi connectivity index (χ3v) is 5.98. The van der Waals surface area contributed by atoms with E-state index in [0.29, 0.717) is 6.42 Å². The summed E-state index contributed by atoms with van der Waals surface area (Å²) in [4.78, 5) is 12.4. The van der Waals surface area contributed by atoms with Gasteiger partial charge in [-0.2, -0.15) is 0 Å². The normalized spacial score (nSPS) is 26.7. The third-order valence-electron chi connectivity index (χ3n) is 3.92. The van der Waals surface area contributed by atoms with E-state index in [1.54, 1.807) is 0 Å². The average Bonchev–Trinajstić information content (AvgIpc) is 2.91. The number of aliphatic hydroxyl groups excluding tert-OH is 1. The maximum Gasteiger partial charge on any atom is 0.252 e.